The molecule has 0 radical (unpaired) electrons. The van der Waals surface area contributed by atoms with Crippen molar-refractivity contribution in [3.8, 4) is 0 Å². The number of hydrogen-bond donors (Lipinski definition) is 1. The van der Waals surface area contributed by atoms with Crippen LogP contribution in [0.25, 0.3) is 5.65 Å². The molecule has 1 N–H and O–H groups in total. The summed E-state index contributed by atoms with van der Waals surface area (Å²) in [6.45, 7) is 4.10. The third kappa shape index (κ3) is 3.62. The van der Waals surface area contributed by atoms with Gasteiger partial charge in [0.25, 0.3) is 0 Å². The zero-order chi connectivity index (χ0) is 17.8. The summed E-state index contributed by atoms with van der Waals surface area (Å²) in [6.07, 6.45) is 10.5. The lowest BCUT2D eigenvalue weighted by molar-refractivity contribution is -0.122. The van der Waals surface area contributed by atoms with Gasteiger partial charge in [-0.05, 0) is 6.07 Å². The fraction of sp³-hybridized carbons (Fsp3) is 0.353. The highest BCUT2D eigenvalue weighted by Gasteiger charge is 2.20. The second-order valence-electron chi connectivity index (χ2n) is 6.14. The highest BCUT2D eigenvalue weighted by Crippen LogP contribution is 2.09. The molecular weight excluding hydrogens is 332 g/mol. The molecule has 4 heterocycles. The van der Waals surface area contributed by atoms with Gasteiger partial charge in [0, 0.05) is 51.0 Å². The zero-order valence-corrected chi connectivity index (χ0v) is 14.3. The molecule has 1 aliphatic heterocycles. The summed E-state index contributed by atoms with van der Waals surface area (Å²) in [5.74, 6) is 0.761. The van der Waals surface area contributed by atoms with E-state index in [-0.39, 0.29) is 5.91 Å². The smallest absolute Gasteiger partial charge is 0.234 e. The van der Waals surface area contributed by atoms with Crippen molar-refractivity contribution in [3.05, 3.63) is 48.9 Å². The van der Waals surface area contributed by atoms with Gasteiger partial charge in [0.05, 0.1) is 31.2 Å². The van der Waals surface area contributed by atoms with E-state index in [1.807, 2.05) is 16.7 Å². The molecule has 9 heteroatoms. The molecule has 9 nitrogen and oxygen atoms in total. The summed E-state index contributed by atoms with van der Waals surface area (Å²) in [5.41, 5.74) is 1.71. The van der Waals surface area contributed by atoms with Gasteiger partial charge in [-0.15, -0.1) is 0 Å². The van der Waals surface area contributed by atoms with E-state index in [0.29, 0.717) is 13.1 Å². The van der Waals surface area contributed by atoms with Crippen molar-refractivity contribution in [2.45, 2.75) is 6.54 Å². The molecule has 134 valence electrons. The fourth-order valence-corrected chi connectivity index (χ4v) is 3.03. The number of rotatable bonds is 5. The second-order valence-corrected chi connectivity index (χ2v) is 6.14. The van der Waals surface area contributed by atoms with Gasteiger partial charge < -0.3 is 10.2 Å². The monoisotopic (exact) mass is 352 g/mol. The van der Waals surface area contributed by atoms with E-state index in [0.717, 1.165) is 43.5 Å². The number of imidazole rings is 1. The van der Waals surface area contributed by atoms with E-state index in [1.54, 1.807) is 31.0 Å². The number of carbonyl (C=O) groups is 1. The maximum atomic E-state index is 12.3. The molecule has 1 aliphatic rings. The van der Waals surface area contributed by atoms with Gasteiger partial charge in [0.2, 0.25) is 11.9 Å². The van der Waals surface area contributed by atoms with Crippen LogP contribution in [0.2, 0.25) is 0 Å². The SMILES string of the molecule is O=C(CN1CCN(c2ncccn2)CC1)NCc1cnc2cnccn12. The van der Waals surface area contributed by atoms with Gasteiger partial charge in [-0.1, -0.05) is 0 Å². The summed E-state index contributed by atoms with van der Waals surface area (Å²) in [6, 6.07) is 1.81. The Morgan fingerprint density at radius 3 is 2.65 bits per heavy atom. The van der Waals surface area contributed by atoms with Gasteiger partial charge in [0.15, 0.2) is 5.65 Å². The van der Waals surface area contributed by atoms with Crippen LogP contribution in [0, 0.1) is 0 Å². The van der Waals surface area contributed by atoms with E-state index in [2.05, 4.69) is 35.1 Å². The Morgan fingerprint density at radius 2 is 1.85 bits per heavy atom. The summed E-state index contributed by atoms with van der Waals surface area (Å²) in [5, 5.41) is 2.97. The van der Waals surface area contributed by atoms with Crippen molar-refractivity contribution in [3.63, 3.8) is 0 Å². The summed E-state index contributed by atoms with van der Waals surface area (Å²) in [7, 11) is 0. The Balaban J connectivity index is 1.25. The molecule has 0 aromatic carbocycles. The Bertz CT molecular complexity index is 873. The molecule has 0 bridgehead atoms. The van der Waals surface area contributed by atoms with Crippen LogP contribution in [-0.2, 0) is 11.3 Å². The van der Waals surface area contributed by atoms with Crippen LogP contribution < -0.4 is 10.2 Å². The van der Waals surface area contributed by atoms with Crippen molar-refractivity contribution in [2.75, 3.05) is 37.6 Å². The standard InChI is InChI=1S/C17H20N8O/c26-16(22-11-14-10-21-15-12-18-4-5-25(14)15)13-23-6-8-24(9-7-23)17-19-2-1-3-20-17/h1-5,10,12H,6-9,11,13H2,(H,22,26). The maximum Gasteiger partial charge on any atom is 0.234 e. The Labute approximate surface area is 150 Å². The van der Waals surface area contributed by atoms with Gasteiger partial charge >= 0.3 is 0 Å². The molecule has 0 saturated carbocycles. The Hall–Kier alpha value is -3.07. The van der Waals surface area contributed by atoms with Crippen LogP contribution in [-0.4, -0.2) is 67.9 Å². The summed E-state index contributed by atoms with van der Waals surface area (Å²) in [4.78, 5) is 33.4. The Morgan fingerprint density at radius 1 is 1.04 bits per heavy atom. The number of carbonyl (C=O) groups excluding carboxylic acids is 1. The molecule has 26 heavy (non-hydrogen) atoms. The number of nitrogens with one attached hydrogen (secondary N) is 1. The van der Waals surface area contributed by atoms with Gasteiger partial charge in [-0.3, -0.25) is 19.1 Å². The van der Waals surface area contributed by atoms with Crippen molar-refractivity contribution in [1.29, 1.82) is 0 Å². The first-order chi connectivity index (χ1) is 12.8. The first-order valence-corrected chi connectivity index (χ1v) is 8.56. The van der Waals surface area contributed by atoms with Crippen LogP contribution in [0.4, 0.5) is 5.95 Å². The molecule has 0 spiro atoms. The molecule has 0 atom stereocenters. The van der Waals surface area contributed by atoms with E-state index in [4.69, 9.17) is 0 Å². The second kappa shape index (κ2) is 7.44. The summed E-state index contributed by atoms with van der Waals surface area (Å²) < 4.78 is 1.92. The fourth-order valence-electron chi connectivity index (χ4n) is 3.03. The van der Waals surface area contributed by atoms with E-state index in [9.17, 15) is 4.79 Å². The first-order valence-electron chi connectivity index (χ1n) is 8.56. The van der Waals surface area contributed by atoms with Crippen molar-refractivity contribution < 1.29 is 4.79 Å². The lowest BCUT2D eigenvalue weighted by Gasteiger charge is -2.34. The van der Waals surface area contributed by atoms with Crippen LogP contribution in [0.1, 0.15) is 5.69 Å². The predicted molar refractivity (Wildman–Crippen MR) is 95.5 cm³/mol. The first kappa shape index (κ1) is 16.4. The topological polar surface area (TPSA) is 91.5 Å². The molecule has 0 aliphatic carbocycles. The maximum absolute atomic E-state index is 12.3. The average molecular weight is 352 g/mol. The molecule has 1 fully saturated rings. The van der Waals surface area contributed by atoms with Crippen LogP contribution in [0.5, 0.6) is 0 Å². The number of nitrogens with zero attached hydrogens (tertiary/aromatic N) is 7. The molecule has 1 amide bonds. The van der Waals surface area contributed by atoms with Crippen molar-refractivity contribution in [2.24, 2.45) is 0 Å². The quantitative estimate of drug-likeness (QED) is 0.689. The highest BCUT2D eigenvalue weighted by molar-refractivity contribution is 5.78. The third-order valence-electron chi connectivity index (χ3n) is 4.44. The molecule has 4 rings (SSSR count). The zero-order valence-electron chi connectivity index (χ0n) is 14.3. The molecule has 0 unspecified atom stereocenters. The largest absolute Gasteiger partial charge is 0.349 e. The van der Waals surface area contributed by atoms with Crippen molar-refractivity contribution >= 4 is 17.5 Å². The lowest BCUT2D eigenvalue weighted by Crippen LogP contribution is -2.49. The minimum Gasteiger partial charge on any atom is -0.349 e. The van der Waals surface area contributed by atoms with Gasteiger partial charge in [0.1, 0.15) is 0 Å². The average Bonchev–Trinajstić information content (AvgIpc) is 3.11. The van der Waals surface area contributed by atoms with Crippen LogP contribution >= 0.6 is 0 Å². The Kier molecular flexibility index (Phi) is 4.69. The van der Waals surface area contributed by atoms with Crippen LogP contribution in [0.15, 0.2) is 43.2 Å². The van der Waals surface area contributed by atoms with E-state index >= 15 is 0 Å². The number of anilines is 1. The van der Waals surface area contributed by atoms with E-state index in [1.165, 1.54) is 0 Å². The molecule has 3 aromatic heterocycles. The molecular formula is C17H20N8O. The lowest BCUT2D eigenvalue weighted by atomic mass is 10.3. The third-order valence-corrected chi connectivity index (χ3v) is 4.44. The molecule has 1 saturated heterocycles. The summed E-state index contributed by atoms with van der Waals surface area (Å²) >= 11 is 0. The minimum atomic E-state index is 0.0124. The van der Waals surface area contributed by atoms with Gasteiger partial charge in [-0.25, -0.2) is 15.0 Å². The number of aromatic nitrogens is 5. The van der Waals surface area contributed by atoms with E-state index < -0.39 is 0 Å². The highest BCUT2D eigenvalue weighted by atomic mass is 16.2. The van der Waals surface area contributed by atoms with Gasteiger partial charge in [-0.2, -0.15) is 0 Å². The number of hydrogen-bond acceptors (Lipinski definition) is 7. The molecule has 3 aromatic rings. The number of fused-ring (bicyclic) bond motifs is 1. The normalized spacial score (nSPS) is 15.3. The predicted octanol–water partition coefficient (Wildman–Crippen LogP) is -0.0423. The van der Waals surface area contributed by atoms with Crippen molar-refractivity contribution in [1.82, 2.24) is 34.6 Å². The number of piperazine rings is 1. The van der Waals surface area contributed by atoms with Crippen LogP contribution in [0.3, 0.4) is 0 Å². The number of amides is 1. The minimum absolute atomic E-state index is 0.0124.